The van der Waals surface area contributed by atoms with Crippen LogP contribution < -0.4 is 0 Å². The summed E-state index contributed by atoms with van der Waals surface area (Å²) < 4.78 is 0. The van der Waals surface area contributed by atoms with Gasteiger partial charge < -0.3 is 5.11 Å². The van der Waals surface area contributed by atoms with Gasteiger partial charge in [0.05, 0.1) is 6.42 Å². The van der Waals surface area contributed by atoms with Gasteiger partial charge >= 0.3 is 0 Å². The highest BCUT2D eigenvalue weighted by Crippen LogP contribution is 2.33. The van der Waals surface area contributed by atoms with Crippen LogP contribution in [0.1, 0.15) is 36.0 Å². The maximum absolute atomic E-state index is 12.6. The SMILES string of the molecule is O=C(CCc1ccccc1)CC(=O)CC(O)(c1ccccc1)c1ccccc1. The number of aliphatic hydroxyl groups is 1. The lowest BCUT2D eigenvalue weighted by atomic mass is 9.81. The predicted octanol–water partition coefficient (Wildman–Crippen LogP) is 4.47. The van der Waals surface area contributed by atoms with Crippen LogP contribution in [-0.2, 0) is 21.6 Å². The summed E-state index contributed by atoms with van der Waals surface area (Å²) in [6.07, 6.45) is 0.659. The standard InChI is InChI=1S/C25H24O3/c26-23(17-16-20-10-4-1-5-11-20)18-24(27)19-25(28,21-12-6-2-7-13-21)22-14-8-3-9-15-22/h1-15,28H,16-19H2. The third-order valence-corrected chi connectivity index (χ3v) is 4.89. The van der Waals surface area contributed by atoms with Crippen LogP contribution in [0.15, 0.2) is 91.0 Å². The van der Waals surface area contributed by atoms with Crippen molar-refractivity contribution in [3.05, 3.63) is 108 Å². The van der Waals surface area contributed by atoms with Crippen molar-refractivity contribution in [3.8, 4) is 0 Å². The van der Waals surface area contributed by atoms with Crippen LogP contribution in [-0.4, -0.2) is 16.7 Å². The number of carbonyl (C=O) groups is 2. The zero-order chi connectivity index (χ0) is 19.8. The fourth-order valence-electron chi connectivity index (χ4n) is 3.38. The Morgan fingerprint density at radius 1 is 0.679 bits per heavy atom. The molecule has 3 aromatic carbocycles. The van der Waals surface area contributed by atoms with E-state index in [1.54, 1.807) is 24.3 Å². The molecule has 0 spiro atoms. The predicted molar refractivity (Wildman–Crippen MR) is 110 cm³/mol. The van der Waals surface area contributed by atoms with Crippen LogP contribution in [0, 0.1) is 0 Å². The summed E-state index contributed by atoms with van der Waals surface area (Å²) in [4.78, 5) is 24.9. The van der Waals surface area contributed by atoms with Gasteiger partial charge in [0.15, 0.2) is 0 Å². The molecule has 28 heavy (non-hydrogen) atoms. The first-order valence-corrected chi connectivity index (χ1v) is 9.49. The van der Waals surface area contributed by atoms with Gasteiger partial charge in [0.2, 0.25) is 0 Å². The first-order valence-electron chi connectivity index (χ1n) is 9.49. The molecule has 3 rings (SSSR count). The van der Waals surface area contributed by atoms with Gasteiger partial charge in [-0.2, -0.15) is 0 Å². The van der Waals surface area contributed by atoms with Gasteiger partial charge in [0.1, 0.15) is 17.2 Å². The zero-order valence-corrected chi connectivity index (χ0v) is 15.8. The molecule has 0 aliphatic rings. The van der Waals surface area contributed by atoms with Crippen LogP contribution in [0.2, 0.25) is 0 Å². The van der Waals surface area contributed by atoms with Crippen molar-refractivity contribution < 1.29 is 14.7 Å². The monoisotopic (exact) mass is 372 g/mol. The van der Waals surface area contributed by atoms with Crippen LogP contribution in [0.5, 0.6) is 0 Å². The van der Waals surface area contributed by atoms with E-state index in [4.69, 9.17) is 0 Å². The van der Waals surface area contributed by atoms with Crippen LogP contribution in [0.3, 0.4) is 0 Å². The number of rotatable bonds is 9. The molecular weight excluding hydrogens is 348 g/mol. The van der Waals surface area contributed by atoms with E-state index in [0.717, 1.165) is 5.56 Å². The summed E-state index contributed by atoms with van der Waals surface area (Å²) in [6.45, 7) is 0. The lowest BCUT2D eigenvalue weighted by Gasteiger charge is -2.28. The Balaban J connectivity index is 1.69. The van der Waals surface area contributed by atoms with Crippen molar-refractivity contribution in [3.63, 3.8) is 0 Å². The van der Waals surface area contributed by atoms with Crippen molar-refractivity contribution in [1.82, 2.24) is 0 Å². The third-order valence-electron chi connectivity index (χ3n) is 4.89. The molecule has 0 saturated carbocycles. The average Bonchev–Trinajstić information content (AvgIpc) is 2.74. The van der Waals surface area contributed by atoms with E-state index < -0.39 is 5.60 Å². The second-order valence-electron chi connectivity index (χ2n) is 7.01. The Bertz CT molecular complexity index is 863. The zero-order valence-electron chi connectivity index (χ0n) is 15.8. The Morgan fingerprint density at radius 3 is 1.64 bits per heavy atom. The summed E-state index contributed by atoms with van der Waals surface area (Å²) in [7, 11) is 0. The van der Waals surface area contributed by atoms with Crippen molar-refractivity contribution in [2.75, 3.05) is 0 Å². The highest BCUT2D eigenvalue weighted by Gasteiger charge is 2.34. The van der Waals surface area contributed by atoms with E-state index in [-0.39, 0.29) is 24.4 Å². The molecule has 0 aliphatic carbocycles. The molecule has 3 aromatic rings. The Hall–Kier alpha value is -3.04. The molecule has 0 saturated heterocycles. The van der Waals surface area contributed by atoms with E-state index in [1.165, 1.54) is 0 Å². The third kappa shape index (κ3) is 5.02. The summed E-state index contributed by atoms with van der Waals surface area (Å²) in [6, 6.07) is 28.0. The van der Waals surface area contributed by atoms with Crippen LogP contribution in [0.25, 0.3) is 0 Å². The molecule has 0 atom stereocenters. The Labute approximate surface area is 165 Å². The van der Waals surface area contributed by atoms with Crippen molar-refractivity contribution in [2.45, 2.75) is 31.3 Å². The topological polar surface area (TPSA) is 54.4 Å². The number of ketones is 2. The van der Waals surface area contributed by atoms with E-state index in [1.807, 2.05) is 66.7 Å². The highest BCUT2D eigenvalue weighted by molar-refractivity contribution is 5.99. The molecule has 0 radical (unpaired) electrons. The van der Waals surface area contributed by atoms with E-state index in [2.05, 4.69) is 0 Å². The molecule has 0 bridgehead atoms. The quantitative estimate of drug-likeness (QED) is 0.564. The Morgan fingerprint density at radius 2 is 1.14 bits per heavy atom. The summed E-state index contributed by atoms with van der Waals surface area (Å²) in [5.41, 5.74) is 0.921. The second kappa shape index (κ2) is 9.25. The van der Waals surface area contributed by atoms with Gasteiger partial charge in [0, 0.05) is 12.8 Å². The summed E-state index contributed by atoms with van der Waals surface area (Å²) >= 11 is 0. The lowest BCUT2D eigenvalue weighted by molar-refractivity contribution is -0.129. The van der Waals surface area contributed by atoms with Gasteiger partial charge in [-0.3, -0.25) is 9.59 Å². The highest BCUT2D eigenvalue weighted by atomic mass is 16.3. The maximum Gasteiger partial charge on any atom is 0.143 e. The molecule has 0 fully saturated rings. The van der Waals surface area contributed by atoms with E-state index in [0.29, 0.717) is 24.0 Å². The van der Waals surface area contributed by atoms with Gasteiger partial charge in [-0.15, -0.1) is 0 Å². The van der Waals surface area contributed by atoms with E-state index >= 15 is 0 Å². The number of Topliss-reactive ketones (excluding diaryl/α,β-unsaturated/α-hetero) is 2. The van der Waals surface area contributed by atoms with Gasteiger partial charge in [-0.05, 0) is 23.1 Å². The van der Waals surface area contributed by atoms with Crippen molar-refractivity contribution in [1.29, 1.82) is 0 Å². The first-order chi connectivity index (χ1) is 13.6. The smallest absolute Gasteiger partial charge is 0.143 e. The minimum atomic E-state index is -1.45. The summed E-state index contributed by atoms with van der Waals surface area (Å²) in [5, 5.41) is 11.4. The number of benzene rings is 3. The number of hydrogen-bond acceptors (Lipinski definition) is 3. The first kappa shape index (κ1) is 19.7. The van der Waals surface area contributed by atoms with Crippen LogP contribution >= 0.6 is 0 Å². The van der Waals surface area contributed by atoms with Gasteiger partial charge in [-0.25, -0.2) is 0 Å². The van der Waals surface area contributed by atoms with Gasteiger partial charge in [0.25, 0.3) is 0 Å². The van der Waals surface area contributed by atoms with Crippen molar-refractivity contribution in [2.24, 2.45) is 0 Å². The lowest BCUT2D eigenvalue weighted by Crippen LogP contribution is -2.31. The number of aryl methyl sites for hydroxylation is 1. The maximum atomic E-state index is 12.6. The molecule has 3 heteroatoms. The second-order valence-corrected chi connectivity index (χ2v) is 7.01. The minimum Gasteiger partial charge on any atom is -0.380 e. The average molecular weight is 372 g/mol. The van der Waals surface area contributed by atoms with Gasteiger partial charge in [-0.1, -0.05) is 91.0 Å². The number of hydrogen-bond donors (Lipinski definition) is 1. The van der Waals surface area contributed by atoms with Crippen LogP contribution in [0.4, 0.5) is 0 Å². The molecular formula is C25H24O3. The fraction of sp³-hybridized carbons (Fsp3) is 0.200. The molecule has 3 nitrogen and oxygen atoms in total. The minimum absolute atomic E-state index is 0.0997. The molecule has 1 N–H and O–H groups in total. The largest absolute Gasteiger partial charge is 0.380 e. The normalized spacial score (nSPS) is 11.2. The van der Waals surface area contributed by atoms with Crippen molar-refractivity contribution >= 4 is 11.6 Å². The molecule has 0 amide bonds. The Kier molecular flexibility index (Phi) is 6.51. The molecule has 0 heterocycles. The molecule has 0 aliphatic heterocycles. The van der Waals surface area contributed by atoms with E-state index in [9.17, 15) is 14.7 Å². The molecule has 0 aromatic heterocycles. The molecule has 142 valence electrons. The number of carbonyl (C=O) groups excluding carboxylic acids is 2. The summed E-state index contributed by atoms with van der Waals surface area (Å²) in [5.74, 6) is -0.356. The fourth-order valence-corrected chi connectivity index (χ4v) is 3.38. The molecule has 0 unspecified atom stereocenters.